The van der Waals surface area contributed by atoms with Gasteiger partial charge in [-0.1, -0.05) is 19.9 Å². The number of aliphatic hydroxyl groups is 1. The van der Waals surface area contributed by atoms with E-state index in [-0.39, 0.29) is 11.7 Å². The van der Waals surface area contributed by atoms with Crippen molar-refractivity contribution in [1.82, 2.24) is 5.32 Å². The van der Waals surface area contributed by atoms with Gasteiger partial charge in [0.05, 0.1) is 17.1 Å². The molecule has 0 saturated carbocycles. The summed E-state index contributed by atoms with van der Waals surface area (Å²) in [6.45, 7) is 3.89. The molecule has 0 fully saturated rings. The van der Waals surface area contributed by atoms with Crippen LogP contribution in [-0.4, -0.2) is 23.2 Å². The molecule has 17 heavy (non-hydrogen) atoms. The third-order valence-corrected chi connectivity index (χ3v) is 3.64. The summed E-state index contributed by atoms with van der Waals surface area (Å²) in [6.07, 6.45) is -0.579. The van der Waals surface area contributed by atoms with Crippen molar-refractivity contribution in [2.45, 2.75) is 31.4 Å². The number of nitrogens with one attached hydrogen (secondary N) is 1. The van der Waals surface area contributed by atoms with E-state index in [4.69, 9.17) is 0 Å². The Morgan fingerprint density at radius 1 is 1.47 bits per heavy atom. The van der Waals surface area contributed by atoms with Crippen LogP contribution in [-0.2, 0) is 5.41 Å². The summed E-state index contributed by atoms with van der Waals surface area (Å²) in [4.78, 5) is 10.3. The summed E-state index contributed by atoms with van der Waals surface area (Å²) in [7, 11) is 1.75. The van der Waals surface area contributed by atoms with Crippen LogP contribution in [0.15, 0.2) is 18.2 Å². The van der Waals surface area contributed by atoms with E-state index in [9.17, 15) is 15.2 Å². The van der Waals surface area contributed by atoms with E-state index >= 15 is 0 Å². The summed E-state index contributed by atoms with van der Waals surface area (Å²) >= 11 is 0. The maximum Gasteiger partial charge on any atom is 0.269 e. The second-order valence-corrected chi connectivity index (χ2v) is 4.96. The van der Waals surface area contributed by atoms with Crippen molar-refractivity contribution >= 4 is 5.69 Å². The Kier molecular flexibility index (Phi) is 2.67. The van der Waals surface area contributed by atoms with Gasteiger partial charge in [0.15, 0.2) is 0 Å². The van der Waals surface area contributed by atoms with Gasteiger partial charge in [0.1, 0.15) is 0 Å². The molecule has 1 aliphatic rings. The topological polar surface area (TPSA) is 75.4 Å². The summed E-state index contributed by atoms with van der Waals surface area (Å²) in [5, 5.41) is 24.0. The van der Waals surface area contributed by atoms with E-state index in [0.717, 1.165) is 11.1 Å². The van der Waals surface area contributed by atoms with Crippen LogP contribution in [0.25, 0.3) is 0 Å². The third-order valence-electron chi connectivity index (χ3n) is 3.64. The Hall–Kier alpha value is -1.46. The number of benzene rings is 1. The molecule has 1 aromatic rings. The number of fused-ring (bicyclic) bond motifs is 1. The van der Waals surface area contributed by atoms with Gasteiger partial charge in [-0.2, -0.15) is 0 Å². The number of aliphatic hydroxyl groups excluding tert-OH is 1. The molecule has 1 aromatic carbocycles. The lowest BCUT2D eigenvalue weighted by atomic mass is 9.84. The Morgan fingerprint density at radius 2 is 2.12 bits per heavy atom. The lowest BCUT2D eigenvalue weighted by Crippen LogP contribution is -2.35. The molecule has 0 saturated heterocycles. The predicted octanol–water partition coefficient (Wildman–Crippen LogP) is 1.51. The molecule has 0 unspecified atom stereocenters. The summed E-state index contributed by atoms with van der Waals surface area (Å²) in [6, 6.07) is 4.54. The predicted molar refractivity (Wildman–Crippen MR) is 63.9 cm³/mol. The van der Waals surface area contributed by atoms with Gasteiger partial charge < -0.3 is 10.4 Å². The van der Waals surface area contributed by atoms with Crippen molar-refractivity contribution in [3.8, 4) is 0 Å². The second-order valence-electron chi connectivity index (χ2n) is 4.96. The third kappa shape index (κ3) is 1.62. The van der Waals surface area contributed by atoms with Crippen LogP contribution in [0.4, 0.5) is 5.69 Å². The highest BCUT2D eigenvalue weighted by molar-refractivity contribution is 5.49. The van der Waals surface area contributed by atoms with E-state index in [1.165, 1.54) is 6.07 Å². The number of likely N-dealkylation sites (N-methyl/N-ethyl adjacent to an activating group) is 1. The lowest BCUT2D eigenvalue weighted by molar-refractivity contribution is -0.384. The van der Waals surface area contributed by atoms with E-state index in [0.29, 0.717) is 0 Å². The molecular weight excluding hydrogens is 220 g/mol. The average Bonchev–Trinajstić information content (AvgIpc) is 2.47. The average molecular weight is 236 g/mol. The number of nitro benzene ring substituents is 1. The monoisotopic (exact) mass is 236 g/mol. The van der Waals surface area contributed by atoms with Crippen molar-refractivity contribution in [2.24, 2.45) is 0 Å². The normalized spacial score (nSPS) is 25.6. The first kappa shape index (κ1) is 12.0. The second kappa shape index (κ2) is 3.78. The first-order valence-electron chi connectivity index (χ1n) is 5.53. The Labute approximate surface area is 99.6 Å². The molecule has 0 aliphatic heterocycles. The van der Waals surface area contributed by atoms with Gasteiger partial charge in [0.25, 0.3) is 5.69 Å². The van der Waals surface area contributed by atoms with Gasteiger partial charge in [0.2, 0.25) is 0 Å². The SMILES string of the molecule is CN[C@@H]1c2cc([N+](=O)[O-])ccc2C(C)(C)[C@H]1O. The number of hydrogen-bond donors (Lipinski definition) is 2. The highest BCUT2D eigenvalue weighted by Crippen LogP contribution is 2.45. The highest BCUT2D eigenvalue weighted by atomic mass is 16.6. The van der Waals surface area contributed by atoms with Crippen molar-refractivity contribution in [1.29, 1.82) is 0 Å². The van der Waals surface area contributed by atoms with E-state index in [1.807, 2.05) is 13.8 Å². The number of nitrogens with zero attached hydrogens (tertiary/aromatic N) is 1. The molecule has 0 amide bonds. The number of hydrogen-bond acceptors (Lipinski definition) is 4. The van der Waals surface area contributed by atoms with Crippen LogP contribution in [0.3, 0.4) is 0 Å². The van der Waals surface area contributed by atoms with Gasteiger partial charge >= 0.3 is 0 Å². The molecule has 5 nitrogen and oxygen atoms in total. The van der Waals surface area contributed by atoms with Gasteiger partial charge in [-0.3, -0.25) is 10.1 Å². The fourth-order valence-corrected chi connectivity index (χ4v) is 2.57. The Bertz CT molecular complexity index is 471. The molecule has 5 heteroatoms. The zero-order valence-electron chi connectivity index (χ0n) is 10.1. The minimum absolute atomic E-state index is 0.0638. The van der Waals surface area contributed by atoms with Gasteiger partial charge in [0, 0.05) is 17.5 Å². The summed E-state index contributed by atoms with van der Waals surface area (Å²) in [5.74, 6) is 0. The molecule has 2 N–H and O–H groups in total. The fourth-order valence-electron chi connectivity index (χ4n) is 2.57. The van der Waals surface area contributed by atoms with E-state index < -0.39 is 16.4 Å². The summed E-state index contributed by atoms with van der Waals surface area (Å²) < 4.78 is 0. The molecule has 0 radical (unpaired) electrons. The standard InChI is InChI=1S/C12H16N2O3/c1-12(2)9-5-4-7(14(16)17)6-8(9)10(13-3)11(12)15/h4-6,10-11,13,15H,1-3H3/t10-,11+/m1/s1. The number of non-ortho nitro benzene ring substituents is 1. The van der Waals surface area contributed by atoms with Crippen molar-refractivity contribution < 1.29 is 10.0 Å². The maximum atomic E-state index is 10.8. The summed E-state index contributed by atoms with van der Waals surface area (Å²) in [5.41, 5.74) is 1.46. The van der Waals surface area contributed by atoms with E-state index in [1.54, 1.807) is 19.2 Å². The first-order chi connectivity index (χ1) is 7.89. The van der Waals surface area contributed by atoms with Crippen LogP contribution in [0.2, 0.25) is 0 Å². The van der Waals surface area contributed by atoms with Gasteiger partial charge in [-0.05, 0) is 18.2 Å². The zero-order valence-corrected chi connectivity index (χ0v) is 10.1. The van der Waals surface area contributed by atoms with Gasteiger partial charge in [-0.25, -0.2) is 0 Å². The van der Waals surface area contributed by atoms with Crippen LogP contribution in [0.5, 0.6) is 0 Å². The smallest absolute Gasteiger partial charge is 0.269 e. The van der Waals surface area contributed by atoms with Crippen LogP contribution in [0.1, 0.15) is 31.0 Å². The minimum atomic E-state index is -0.579. The molecular formula is C12H16N2O3. The van der Waals surface area contributed by atoms with Crippen LogP contribution >= 0.6 is 0 Å². The lowest BCUT2D eigenvalue weighted by Gasteiger charge is -2.26. The molecule has 0 bridgehead atoms. The van der Waals surface area contributed by atoms with Gasteiger partial charge in [-0.15, -0.1) is 0 Å². The Morgan fingerprint density at radius 3 is 2.65 bits per heavy atom. The first-order valence-corrected chi connectivity index (χ1v) is 5.53. The maximum absolute atomic E-state index is 10.8. The molecule has 2 atom stereocenters. The molecule has 0 heterocycles. The number of nitro groups is 1. The quantitative estimate of drug-likeness (QED) is 0.603. The Balaban J connectivity index is 2.59. The van der Waals surface area contributed by atoms with Crippen LogP contribution < -0.4 is 5.32 Å². The molecule has 0 aromatic heterocycles. The van der Waals surface area contributed by atoms with Crippen molar-refractivity contribution in [2.75, 3.05) is 7.05 Å². The fraction of sp³-hybridized carbons (Fsp3) is 0.500. The molecule has 1 aliphatic carbocycles. The molecule has 0 spiro atoms. The van der Waals surface area contributed by atoms with Crippen LogP contribution in [0, 0.1) is 10.1 Å². The highest BCUT2D eigenvalue weighted by Gasteiger charge is 2.45. The van der Waals surface area contributed by atoms with Crippen molar-refractivity contribution in [3.05, 3.63) is 39.4 Å². The molecule has 2 rings (SSSR count). The zero-order chi connectivity index (χ0) is 12.8. The van der Waals surface area contributed by atoms with Crippen molar-refractivity contribution in [3.63, 3.8) is 0 Å². The molecule has 92 valence electrons. The largest absolute Gasteiger partial charge is 0.390 e. The minimum Gasteiger partial charge on any atom is -0.390 e. The number of rotatable bonds is 2. The van der Waals surface area contributed by atoms with E-state index in [2.05, 4.69) is 5.32 Å².